The average Bonchev–Trinajstić information content (AvgIpc) is 2.37. The number of hydrogen-bond acceptors (Lipinski definition) is 2. The smallest absolute Gasteiger partial charge is 0.376 e. The number of rotatable bonds is 5. The van der Waals surface area contributed by atoms with Gasteiger partial charge in [-0.15, -0.1) is 0 Å². The van der Waals surface area contributed by atoms with Crippen molar-refractivity contribution in [2.45, 2.75) is 20.0 Å². The highest BCUT2D eigenvalue weighted by atomic mass is 35.5. The van der Waals surface area contributed by atoms with Crippen LogP contribution in [0.5, 0.6) is 0 Å². The molecule has 0 fully saturated rings. The average molecular weight is 309 g/mol. The quantitative estimate of drug-likeness (QED) is 0.900. The van der Waals surface area contributed by atoms with Crippen LogP contribution in [-0.4, -0.2) is 30.4 Å². The summed E-state index contributed by atoms with van der Waals surface area (Å²) in [5.74, 6) is -0.168. The zero-order valence-corrected chi connectivity index (χ0v) is 12.0. The van der Waals surface area contributed by atoms with Gasteiger partial charge in [0.2, 0.25) is 5.91 Å². The van der Waals surface area contributed by atoms with Crippen LogP contribution in [0, 0.1) is 0 Å². The summed E-state index contributed by atoms with van der Waals surface area (Å²) in [5, 5.41) is 2.32. The van der Waals surface area contributed by atoms with Crippen molar-refractivity contribution in [1.29, 1.82) is 0 Å². The van der Waals surface area contributed by atoms with Crippen molar-refractivity contribution in [2.75, 3.05) is 25.0 Å². The van der Waals surface area contributed by atoms with Crippen LogP contribution in [0.4, 0.5) is 18.9 Å². The number of carbonyl (C=O) groups is 1. The van der Waals surface area contributed by atoms with E-state index in [1.54, 1.807) is 4.90 Å². The Hall–Kier alpha value is -1.43. The normalized spacial score (nSPS) is 11.3. The van der Waals surface area contributed by atoms with Gasteiger partial charge in [-0.1, -0.05) is 11.6 Å². The molecule has 1 aromatic carbocycles. The molecule has 0 saturated heterocycles. The highest BCUT2D eigenvalue weighted by Gasteiger charge is 2.33. The summed E-state index contributed by atoms with van der Waals surface area (Å²) in [6.45, 7) is 4.74. The maximum atomic E-state index is 12.7. The lowest BCUT2D eigenvalue weighted by Crippen LogP contribution is -2.35. The number of likely N-dealkylation sites (N-methyl/N-ethyl adjacent to an activating group) is 1. The summed E-state index contributed by atoms with van der Waals surface area (Å²) < 4.78 is 38.0. The van der Waals surface area contributed by atoms with Crippen LogP contribution in [0.1, 0.15) is 19.4 Å². The summed E-state index contributed by atoms with van der Waals surface area (Å²) in [4.78, 5) is 13.3. The summed E-state index contributed by atoms with van der Waals surface area (Å²) in [6.07, 6.45) is -4.52. The zero-order chi connectivity index (χ0) is 15.3. The standard InChI is InChI=1S/C13H16ClF3N2O/c1-3-19(4-2)12(20)8-18-9-5-6-11(14)10(7-9)13(15,16)17/h5-7,18H,3-4,8H2,1-2H3. The Kier molecular flexibility index (Phi) is 5.68. The zero-order valence-electron chi connectivity index (χ0n) is 11.2. The molecule has 0 aliphatic carbocycles. The summed E-state index contributed by atoms with van der Waals surface area (Å²) in [6, 6.07) is 3.47. The Morgan fingerprint density at radius 3 is 2.40 bits per heavy atom. The van der Waals surface area contributed by atoms with Crippen LogP contribution in [0.25, 0.3) is 0 Å². The molecule has 0 heterocycles. The maximum absolute atomic E-state index is 12.7. The first-order valence-corrected chi connectivity index (χ1v) is 6.55. The van der Waals surface area contributed by atoms with E-state index in [-0.39, 0.29) is 23.2 Å². The number of nitrogens with one attached hydrogen (secondary N) is 1. The van der Waals surface area contributed by atoms with Crippen molar-refractivity contribution in [3.63, 3.8) is 0 Å². The Morgan fingerprint density at radius 1 is 1.30 bits per heavy atom. The van der Waals surface area contributed by atoms with E-state index in [0.717, 1.165) is 12.1 Å². The van der Waals surface area contributed by atoms with Gasteiger partial charge in [-0.05, 0) is 32.0 Å². The molecular formula is C13H16ClF3N2O. The minimum Gasteiger partial charge on any atom is -0.376 e. The number of amides is 1. The van der Waals surface area contributed by atoms with Crippen molar-refractivity contribution in [2.24, 2.45) is 0 Å². The second-order valence-corrected chi connectivity index (χ2v) is 4.52. The second-order valence-electron chi connectivity index (χ2n) is 4.11. The van der Waals surface area contributed by atoms with Crippen molar-refractivity contribution in [1.82, 2.24) is 4.90 Å². The van der Waals surface area contributed by atoms with Crippen LogP contribution >= 0.6 is 11.6 Å². The molecule has 7 heteroatoms. The molecular weight excluding hydrogens is 293 g/mol. The summed E-state index contributed by atoms with van der Waals surface area (Å²) in [5.41, 5.74) is -0.707. The van der Waals surface area contributed by atoms with Gasteiger partial charge in [0.25, 0.3) is 0 Å². The molecule has 1 N–H and O–H groups in total. The van der Waals surface area contributed by atoms with Gasteiger partial charge in [0.1, 0.15) is 0 Å². The third-order valence-corrected chi connectivity index (χ3v) is 3.16. The summed E-state index contributed by atoms with van der Waals surface area (Å²) in [7, 11) is 0. The third-order valence-electron chi connectivity index (χ3n) is 2.83. The first-order valence-electron chi connectivity index (χ1n) is 6.18. The van der Waals surface area contributed by atoms with E-state index < -0.39 is 11.7 Å². The van der Waals surface area contributed by atoms with E-state index in [1.807, 2.05) is 13.8 Å². The fraction of sp³-hybridized carbons (Fsp3) is 0.462. The first-order chi connectivity index (χ1) is 9.29. The predicted molar refractivity (Wildman–Crippen MR) is 72.9 cm³/mol. The van der Waals surface area contributed by atoms with E-state index in [4.69, 9.17) is 11.6 Å². The second kappa shape index (κ2) is 6.83. The van der Waals surface area contributed by atoms with Gasteiger partial charge in [-0.2, -0.15) is 13.2 Å². The minimum absolute atomic E-state index is 0.0550. The predicted octanol–water partition coefficient (Wildman–Crippen LogP) is 3.64. The van der Waals surface area contributed by atoms with Crippen molar-refractivity contribution in [3.8, 4) is 0 Å². The highest BCUT2D eigenvalue weighted by Crippen LogP contribution is 2.36. The molecule has 1 rings (SSSR count). The third kappa shape index (κ3) is 4.30. The van der Waals surface area contributed by atoms with Crippen LogP contribution in [-0.2, 0) is 11.0 Å². The molecule has 0 aromatic heterocycles. The van der Waals surface area contributed by atoms with Gasteiger partial charge in [-0.3, -0.25) is 4.79 Å². The van der Waals surface area contributed by atoms with Gasteiger partial charge in [0.05, 0.1) is 17.1 Å². The molecule has 0 unspecified atom stereocenters. The van der Waals surface area contributed by atoms with Crippen LogP contribution < -0.4 is 5.32 Å². The summed E-state index contributed by atoms with van der Waals surface area (Å²) >= 11 is 5.52. The molecule has 0 radical (unpaired) electrons. The number of anilines is 1. The molecule has 112 valence electrons. The molecule has 1 aromatic rings. The molecule has 20 heavy (non-hydrogen) atoms. The van der Waals surface area contributed by atoms with Gasteiger partial charge in [0, 0.05) is 18.8 Å². The van der Waals surface area contributed by atoms with Crippen molar-refractivity contribution >= 4 is 23.2 Å². The number of hydrogen-bond donors (Lipinski definition) is 1. The molecule has 0 spiro atoms. The van der Waals surface area contributed by atoms with Crippen LogP contribution in [0.15, 0.2) is 18.2 Å². The van der Waals surface area contributed by atoms with E-state index in [0.29, 0.717) is 13.1 Å². The number of halogens is 4. The topological polar surface area (TPSA) is 32.3 Å². The van der Waals surface area contributed by atoms with Crippen LogP contribution in [0.3, 0.4) is 0 Å². The van der Waals surface area contributed by atoms with E-state index in [2.05, 4.69) is 5.32 Å². The molecule has 0 aliphatic heterocycles. The van der Waals surface area contributed by atoms with Crippen LogP contribution in [0.2, 0.25) is 5.02 Å². The van der Waals surface area contributed by atoms with E-state index in [1.165, 1.54) is 6.07 Å². The first kappa shape index (κ1) is 16.6. The Balaban J connectivity index is 2.77. The van der Waals surface area contributed by atoms with Gasteiger partial charge in [0.15, 0.2) is 0 Å². The number of alkyl halides is 3. The molecule has 0 aliphatic rings. The SMILES string of the molecule is CCN(CC)C(=O)CNc1ccc(Cl)c(C(F)(F)F)c1. The molecule has 3 nitrogen and oxygen atoms in total. The van der Waals surface area contributed by atoms with Gasteiger partial charge < -0.3 is 10.2 Å². The number of benzene rings is 1. The largest absolute Gasteiger partial charge is 0.417 e. The van der Waals surface area contributed by atoms with E-state index in [9.17, 15) is 18.0 Å². The number of carbonyl (C=O) groups excluding carboxylic acids is 1. The Morgan fingerprint density at radius 2 is 1.90 bits per heavy atom. The molecule has 0 saturated carbocycles. The lowest BCUT2D eigenvalue weighted by molar-refractivity contribution is -0.137. The Labute approximate surface area is 120 Å². The molecule has 0 atom stereocenters. The molecule has 0 bridgehead atoms. The van der Waals surface area contributed by atoms with Crippen molar-refractivity contribution < 1.29 is 18.0 Å². The Bertz CT molecular complexity index is 473. The fourth-order valence-electron chi connectivity index (χ4n) is 1.72. The molecule has 1 amide bonds. The lowest BCUT2D eigenvalue weighted by Gasteiger charge is -2.19. The monoisotopic (exact) mass is 308 g/mol. The minimum atomic E-state index is -4.52. The fourth-order valence-corrected chi connectivity index (χ4v) is 1.94. The highest BCUT2D eigenvalue weighted by molar-refractivity contribution is 6.31. The lowest BCUT2D eigenvalue weighted by atomic mass is 10.2. The van der Waals surface area contributed by atoms with E-state index >= 15 is 0 Å². The van der Waals surface area contributed by atoms with Gasteiger partial charge in [-0.25, -0.2) is 0 Å². The van der Waals surface area contributed by atoms with Gasteiger partial charge >= 0.3 is 6.18 Å². The van der Waals surface area contributed by atoms with Crippen molar-refractivity contribution in [3.05, 3.63) is 28.8 Å². The maximum Gasteiger partial charge on any atom is 0.417 e. The number of nitrogens with zero attached hydrogens (tertiary/aromatic N) is 1.